The normalized spacial score (nSPS) is 10.9. The van der Waals surface area contributed by atoms with Crippen molar-refractivity contribution in [3.63, 3.8) is 0 Å². The first-order valence-corrected chi connectivity index (χ1v) is 4.48. The van der Waals surface area contributed by atoms with Gasteiger partial charge >= 0.3 is 0 Å². The Morgan fingerprint density at radius 1 is 1.55 bits per heavy atom. The lowest BCUT2D eigenvalue weighted by molar-refractivity contribution is -0.109. The van der Waals surface area contributed by atoms with Gasteiger partial charge in [0.25, 0.3) is 0 Å². The molecular weight excluding hydrogens is 178 g/mol. The minimum atomic E-state index is -0.401. The standard InChI is InChI=1S/C7H13NOS2/c1-7(2,5-9)11-6(10)8(3)4/h5H,1-4H3. The molecule has 0 atom stereocenters. The van der Waals surface area contributed by atoms with Gasteiger partial charge in [0.1, 0.15) is 10.6 Å². The van der Waals surface area contributed by atoms with Gasteiger partial charge in [0.2, 0.25) is 0 Å². The molecule has 0 heterocycles. The van der Waals surface area contributed by atoms with E-state index in [0.29, 0.717) is 0 Å². The zero-order valence-electron chi connectivity index (χ0n) is 7.25. The minimum Gasteiger partial charge on any atom is -0.364 e. The fourth-order valence-electron chi connectivity index (χ4n) is 0.340. The van der Waals surface area contributed by atoms with Gasteiger partial charge in [0.05, 0.1) is 4.75 Å². The van der Waals surface area contributed by atoms with Crippen molar-refractivity contribution in [3.05, 3.63) is 0 Å². The molecule has 64 valence electrons. The van der Waals surface area contributed by atoms with Crippen molar-refractivity contribution in [1.82, 2.24) is 4.90 Å². The molecule has 0 unspecified atom stereocenters. The van der Waals surface area contributed by atoms with Gasteiger partial charge in [0.15, 0.2) is 0 Å². The van der Waals surface area contributed by atoms with E-state index in [1.54, 1.807) is 0 Å². The highest BCUT2D eigenvalue weighted by molar-refractivity contribution is 8.24. The van der Waals surface area contributed by atoms with Gasteiger partial charge in [-0.25, -0.2) is 0 Å². The summed E-state index contributed by atoms with van der Waals surface area (Å²) in [7, 11) is 3.74. The van der Waals surface area contributed by atoms with Crippen LogP contribution in [0.1, 0.15) is 13.8 Å². The van der Waals surface area contributed by atoms with Crippen LogP contribution in [0.4, 0.5) is 0 Å². The SMILES string of the molecule is CN(C)C(=S)SC(C)(C)C=O. The maximum absolute atomic E-state index is 10.5. The summed E-state index contributed by atoms with van der Waals surface area (Å²) in [6.07, 6.45) is 0.910. The third kappa shape index (κ3) is 4.37. The molecule has 0 spiro atoms. The largest absolute Gasteiger partial charge is 0.364 e. The minimum absolute atomic E-state index is 0.401. The maximum atomic E-state index is 10.5. The second kappa shape index (κ2) is 4.07. The smallest absolute Gasteiger partial charge is 0.136 e. The quantitative estimate of drug-likeness (QED) is 0.487. The first-order chi connectivity index (χ1) is 4.89. The van der Waals surface area contributed by atoms with Crippen LogP contribution in [0.3, 0.4) is 0 Å². The molecule has 0 saturated heterocycles. The first-order valence-electron chi connectivity index (χ1n) is 3.25. The van der Waals surface area contributed by atoms with E-state index in [0.717, 1.165) is 10.6 Å². The van der Waals surface area contributed by atoms with Crippen molar-refractivity contribution in [2.75, 3.05) is 14.1 Å². The number of nitrogens with zero attached hydrogens (tertiary/aromatic N) is 1. The molecule has 0 aliphatic heterocycles. The lowest BCUT2D eigenvalue weighted by atomic mass is 10.2. The zero-order chi connectivity index (χ0) is 9.07. The summed E-state index contributed by atoms with van der Waals surface area (Å²) in [5.41, 5.74) is 0. The monoisotopic (exact) mass is 191 g/mol. The summed E-state index contributed by atoms with van der Waals surface area (Å²) < 4.78 is 0.337. The fraction of sp³-hybridized carbons (Fsp3) is 0.714. The average Bonchev–Trinajstić information content (AvgIpc) is 1.87. The Morgan fingerprint density at radius 2 is 2.00 bits per heavy atom. The third-order valence-electron chi connectivity index (χ3n) is 0.999. The molecule has 0 aliphatic rings. The number of carbonyl (C=O) groups is 1. The molecule has 0 rings (SSSR count). The van der Waals surface area contributed by atoms with E-state index in [1.807, 2.05) is 32.8 Å². The van der Waals surface area contributed by atoms with Crippen molar-refractivity contribution >= 4 is 34.6 Å². The average molecular weight is 191 g/mol. The lowest BCUT2D eigenvalue weighted by Gasteiger charge is -2.20. The van der Waals surface area contributed by atoms with Gasteiger partial charge in [-0.2, -0.15) is 0 Å². The molecule has 0 aromatic rings. The summed E-state index contributed by atoms with van der Waals surface area (Å²) in [5, 5.41) is 0. The summed E-state index contributed by atoms with van der Waals surface area (Å²) >= 11 is 6.42. The van der Waals surface area contributed by atoms with Gasteiger partial charge in [-0.1, -0.05) is 24.0 Å². The van der Waals surface area contributed by atoms with Gasteiger partial charge in [-0.05, 0) is 13.8 Å². The molecule has 0 aromatic carbocycles. The molecule has 0 aliphatic carbocycles. The van der Waals surface area contributed by atoms with Gasteiger partial charge < -0.3 is 9.69 Å². The van der Waals surface area contributed by atoms with E-state index >= 15 is 0 Å². The molecule has 0 bridgehead atoms. The van der Waals surface area contributed by atoms with Crippen LogP contribution in [0.15, 0.2) is 0 Å². The van der Waals surface area contributed by atoms with Gasteiger partial charge in [-0.3, -0.25) is 0 Å². The number of hydrogen-bond acceptors (Lipinski definition) is 3. The summed E-state index contributed by atoms with van der Waals surface area (Å²) in [5.74, 6) is 0. The van der Waals surface area contributed by atoms with E-state index in [-0.39, 0.29) is 0 Å². The highest BCUT2D eigenvalue weighted by Crippen LogP contribution is 2.23. The predicted molar refractivity (Wildman–Crippen MR) is 54.0 cm³/mol. The highest BCUT2D eigenvalue weighted by Gasteiger charge is 2.20. The third-order valence-corrected chi connectivity index (χ3v) is 2.78. The molecule has 2 nitrogen and oxygen atoms in total. The van der Waals surface area contributed by atoms with Crippen molar-refractivity contribution in [2.24, 2.45) is 0 Å². The van der Waals surface area contributed by atoms with Crippen molar-refractivity contribution < 1.29 is 4.79 Å². The van der Waals surface area contributed by atoms with E-state index in [2.05, 4.69) is 0 Å². The van der Waals surface area contributed by atoms with Gasteiger partial charge in [0, 0.05) is 14.1 Å². The first kappa shape index (κ1) is 10.9. The van der Waals surface area contributed by atoms with Crippen LogP contribution in [0.5, 0.6) is 0 Å². The summed E-state index contributed by atoms with van der Waals surface area (Å²) in [6, 6.07) is 0. The summed E-state index contributed by atoms with van der Waals surface area (Å²) in [6.45, 7) is 3.70. The van der Waals surface area contributed by atoms with Crippen molar-refractivity contribution in [2.45, 2.75) is 18.6 Å². The Labute approximate surface area is 77.3 Å². The van der Waals surface area contributed by atoms with E-state index in [4.69, 9.17) is 12.2 Å². The number of thioether (sulfide) groups is 1. The number of hydrogen-bond donors (Lipinski definition) is 0. The maximum Gasteiger partial charge on any atom is 0.136 e. The fourth-order valence-corrected chi connectivity index (χ4v) is 1.67. The van der Waals surface area contributed by atoms with Gasteiger partial charge in [-0.15, -0.1) is 0 Å². The Hall–Kier alpha value is -0.0900. The Morgan fingerprint density at radius 3 is 2.27 bits per heavy atom. The van der Waals surface area contributed by atoms with Crippen LogP contribution in [-0.2, 0) is 4.79 Å². The zero-order valence-corrected chi connectivity index (χ0v) is 8.88. The predicted octanol–water partition coefficient (Wildman–Crippen LogP) is 1.54. The molecule has 0 radical (unpaired) electrons. The summed E-state index contributed by atoms with van der Waals surface area (Å²) in [4.78, 5) is 12.3. The van der Waals surface area contributed by atoms with Crippen LogP contribution >= 0.6 is 24.0 Å². The number of thiocarbonyl (C=S) groups is 1. The van der Waals surface area contributed by atoms with E-state index in [9.17, 15) is 4.79 Å². The number of aldehydes is 1. The number of rotatable bonds is 2. The van der Waals surface area contributed by atoms with E-state index in [1.165, 1.54) is 11.8 Å². The highest BCUT2D eigenvalue weighted by atomic mass is 32.2. The van der Waals surface area contributed by atoms with Crippen molar-refractivity contribution in [3.8, 4) is 0 Å². The number of carbonyl (C=O) groups excluding carboxylic acids is 1. The van der Waals surface area contributed by atoms with Crippen LogP contribution < -0.4 is 0 Å². The molecule has 0 fully saturated rings. The molecule has 0 N–H and O–H groups in total. The topological polar surface area (TPSA) is 20.3 Å². The van der Waals surface area contributed by atoms with Crippen LogP contribution in [0.2, 0.25) is 0 Å². The van der Waals surface area contributed by atoms with Crippen LogP contribution in [0, 0.1) is 0 Å². The van der Waals surface area contributed by atoms with Crippen LogP contribution in [0.25, 0.3) is 0 Å². The lowest BCUT2D eigenvalue weighted by Crippen LogP contribution is -2.25. The van der Waals surface area contributed by atoms with Crippen LogP contribution in [-0.4, -0.2) is 34.3 Å². The molecule has 0 amide bonds. The molecule has 4 heteroatoms. The second-order valence-corrected chi connectivity index (χ2v) is 5.27. The van der Waals surface area contributed by atoms with E-state index < -0.39 is 4.75 Å². The van der Waals surface area contributed by atoms with Crippen molar-refractivity contribution in [1.29, 1.82) is 0 Å². The Bertz CT molecular complexity index is 166. The molecule has 11 heavy (non-hydrogen) atoms. The Kier molecular flexibility index (Phi) is 4.03. The second-order valence-electron chi connectivity index (χ2n) is 2.98. The molecule has 0 saturated carbocycles. The Balaban J connectivity index is 4.04. The molecular formula is C7H13NOS2. The molecule has 0 aromatic heterocycles.